The fourth-order valence-corrected chi connectivity index (χ4v) is 6.41. The van der Waals surface area contributed by atoms with Crippen LogP contribution in [0.4, 0.5) is 0 Å². The van der Waals surface area contributed by atoms with Gasteiger partial charge in [0.2, 0.25) is 0 Å². The number of furan rings is 1. The fraction of sp³-hybridized carbons (Fsp3) is 0. The summed E-state index contributed by atoms with van der Waals surface area (Å²) in [7, 11) is 0. The van der Waals surface area contributed by atoms with Crippen LogP contribution in [0, 0.1) is 0 Å². The van der Waals surface area contributed by atoms with Gasteiger partial charge in [-0.2, -0.15) is 0 Å². The molecule has 2 aromatic heterocycles. The largest absolute Gasteiger partial charge is 0.455 e. The summed E-state index contributed by atoms with van der Waals surface area (Å²) >= 11 is 0. The van der Waals surface area contributed by atoms with Crippen molar-refractivity contribution in [3.05, 3.63) is 146 Å². The minimum Gasteiger partial charge on any atom is -0.455 e. The molecule has 9 aromatic rings. The first kappa shape index (κ1) is 23.9. The lowest BCUT2D eigenvalue weighted by Gasteiger charge is -2.11. The van der Waals surface area contributed by atoms with E-state index in [2.05, 4.69) is 127 Å². The highest BCUT2D eigenvalue weighted by Gasteiger charge is 2.14. The molecule has 0 unspecified atom stereocenters. The van der Waals surface area contributed by atoms with Crippen molar-refractivity contribution in [3.63, 3.8) is 0 Å². The second-order valence-electron chi connectivity index (χ2n) is 11.0. The number of benzene rings is 7. The molecule has 0 spiro atoms. The molecule has 0 N–H and O–H groups in total. The number of hydrogen-bond acceptors (Lipinski definition) is 3. The van der Waals surface area contributed by atoms with E-state index in [1.807, 2.05) is 18.3 Å². The molecule has 0 aliphatic rings. The summed E-state index contributed by atoms with van der Waals surface area (Å²) in [6, 6.07) is 48.8. The molecule has 7 aromatic carbocycles. The lowest BCUT2D eigenvalue weighted by atomic mass is 9.98. The van der Waals surface area contributed by atoms with Gasteiger partial charge in [0.15, 0.2) is 0 Å². The van der Waals surface area contributed by atoms with E-state index in [4.69, 9.17) is 14.4 Å². The van der Waals surface area contributed by atoms with Crippen LogP contribution < -0.4 is 0 Å². The zero-order valence-corrected chi connectivity index (χ0v) is 23.2. The van der Waals surface area contributed by atoms with E-state index in [0.717, 1.165) is 77.3 Å². The second kappa shape index (κ2) is 9.37. The highest BCUT2D eigenvalue weighted by molar-refractivity contribution is 6.23. The standard InChI is InChI=1S/C40H24N2O/c1-3-11-33-30(8-1)31-9-2-4-12-34(31)39-38(33)41-24-36(42-39)28-22-18-26(19-23-28)25-16-20-27(21-17-25)29-13-7-14-35-32-10-5-6-15-37(32)43-40(29)35/h1-24H. The molecule has 3 nitrogen and oxygen atoms in total. The molecule has 0 bridgehead atoms. The molecule has 43 heavy (non-hydrogen) atoms. The molecule has 0 aliphatic carbocycles. The topological polar surface area (TPSA) is 38.9 Å². The van der Waals surface area contributed by atoms with Crippen LogP contribution in [0.1, 0.15) is 0 Å². The van der Waals surface area contributed by atoms with Crippen LogP contribution in [-0.4, -0.2) is 9.97 Å². The van der Waals surface area contributed by atoms with Gasteiger partial charge >= 0.3 is 0 Å². The molecule has 0 atom stereocenters. The van der Waals surface area contributed by atoms with Crippen LogP contribution in [-0.2, 0) is 0 Å². The molecule has 0 aliphatic heterocycles. The summed E-state index contributed by atoms with van der Waals surface area (Å²) in [6.07, 6.45) is 1.89. The van der Waals surface area contributed by atoms with E-state index in [0.29, 0.717) is 0 Å². The lowest BCUT2D eigenvalue weighted by molar-refractivity contribution is 0.670. The molecule has 0 saturated carbocycles. The third kappa shape index (κ3) is 3.75. The van der Waals surface area contributed by atoms with E-state index < -0.39 is 0 Å². The Morgan fingerprint density at radius 1 is 0.395 bits per heavy atom. The van der Waals surface area contributed by atoms with Crippen molar-refractivity contribution in [2.75, 3.05) is 0 Å². The van der Waals surface area contributed by atoms with Gasteiger partial charge in [-0.25, -0.2) is 4.98 Å². The maximum absolute atomic E-state index is 6.27. The van der Waals surface area contributed by atoms with Gasteiger partial charge in [-0.05, 0) is 33.5 Å². The van der Waals surface area contributed by atoms with Crippen LogP contribution >= 0.6 is 0 Å². The van der Waals surface area contributed by atoms with Crippen molar-refractivity contribution in [3.8, 4) is 33.5 Å². The Bertz CT molecular complexity index is 2450. The quantitative estimate of drug-likeness (QED) is 0.206. The Morgan fingerprint density at radius 3 is 1.63 bits per heavy atom. The van der Waals surface area contributed by atoms with Crippen molar-refractivity contribution in [1.29, 1.82) is 0 Å². The second-order valence-corrected chi connectivity index (χ2v) is 11.0. The molecule has 0 radical (unpaired) electrons. The monoisotopic (exact) mass is 548 g/mol. The number of nitrogens with zero attached hydrogens (tertiary/aromatic N) is 2. The van der Waals surface area contributed by atoms with Crippen molar-refractivity contribution in [2.24, 2.45) is 0 Å². The SMILES string of the molecule is c1ccc2c(c1)oc1c(-c3ccc(-c4ccc(-c5cnc6c7ccccc7c7ccccc7c6n5)cc4)cc3)cccc12. The molecule has 0 saturated heterocycles. The summed E-state index contributed by atoms with van der Waals surface area (Å²) in [5, 5.41) is 6.95. The maximum atomic E-state index is 6.27. The zero-order valence-electron chi connectivity index (χ0n) is 23.2. The van der Waals surface area contributed by atoms with Crippen LogP contribution in [0.25, 0.3) is 88.0 Å². The average molecular weight is 549 g/mol. The summed E-state index contributed by atoms with van der Waals surface area (Å²) in [5.41, 5.74) is 10.2. The van der Waals surface area contributed by atoms with E-state index in [1.165, 1.54) is 10.8 Å². The Hall–Kier alpha value is -5.80. The maximum Gasteiger partial charge on any atom is 0.143 e. The predicted molar refractivity (Wildman–Crippen MR) is 178 cm³/mol. The molecule has 200 valence electrons. The van der Waals surface area contributed by atoms with Crippen molar-refractivity contribution < 1.29 is 4.42 Å². The summed E-state index contributed by atoms with van der Waals surface area (Å²) < 4.78 is 6.27. The van der Waals surface area contributed by atoms with Gasteiger partial charge in [-0.15, -0.1) is 0 Å². The van der Waals surface area contributed by atoms with Crippen LogP contribution in [0.2, 0.25) is 0 Å². The van der Waals surface area contributed by atoms with Gasteiger partial charge < -0.3 is 4.42 Å². The van der Waals surface area contributed by atoms with Gasteiger partial charge in [0.1, 0.15) is 11.2 Å². The normalized spacial score (nSPS) is 11.7. The molecular weight excluding hydrogens is 524 g/mol. The van der Waals surface area contributed by atoms with Crippen LogP contribution in [0.15, 0.2) is 150 Å². The Balaban J connectivity index is 1.07. The summed E-state index contributed by atoms with van der Waals surface area (Å²) in [6.45, 7) is 0. The van der Waals surface area contributed by atoms with E-state index in [1.54, 1.807) is 0 Å². The van der Waals surface area contributed by atoms with E-state index >= 15 is 0 Å². The van der Waals surface area contributed by atoms with E-state index in [9.17, 15) is 0 Å². The number of fused-ring (bicyclic) bond motifs is 9. The lowest BCUT2D eigenvalue weighted by Crippen LogP contribution is -1.92. The number of para-hydroxylation sites is 2. The van der Waals surface area contributed by atoms with Crippen LogP contribution in [0.5, 0.6) is 0 Å². The van der Waals surface area contributed by atoms with Crippen molar-refractivity contribution in [2.45, 2.75) is 0 Å². The average Bonchev–Trinajstić information content (AvgIpc) is 3.47. The Labute approximate surface area is 247 Å². The fourth-order valence-electron chi connectivity index (χ4n) is 6.41. The molecule has 0 amide bonds. The predicted octanol–water partition coefficient (Wildman–Crippen LogP) is 10.8. The number of aromatic nitrogens is 2. The highest BCUT2D eigenvalue weighted by atomic mass is 16.3. The highest BCUT2D eigenvalue weighted by Crippen LogP contribution is 2.37. The van der Waals surface area contributed by atoms with Crippen molar-refractivity contribution >= 4 is 54.5 Å². The van der Waals surface area contributed by atoms with Crippen LogP contribution in [0.3, 0.4) is 0 Å². The summed E-state index contributed by atoms with van der Waals surface area (Å²) in [4.78, 5) is 10.1. The molecule has 3 heteroatoms. The molecule has 2 heterocycles. The van der Waals surface area contributed by atoms with Gasteiger partial charge in [-0.3, -0.25) is 4.98 Å². The Morgan fingerprint density at radius 2 is 0.930 bits per heavy atom. The Kier molecular flexibility index (Phi) is 5.20. The molecule has 9 rings (SSSR count). The van der Waals surface area contributed by atoms with E-state index in [-0.39, 0.29) is 0 Å². The van der Waals surface area contributed by atoms with Gasteiger partial charge in [0.25, 0.3) is 0 Å². The zero-order chi connectivity index (χ0) is 28.3. The third-order valence-electron chi connectivity index (χ3n) is 8.54. The number of hydrogen-bond donors (Lipinski definition) is 0. The first-order chi connectivity index (χ1) is 21.3. The summed E-state index contributed by atoms with van der Waals surface area (Å²) in [5.74, 6) is 0. The first-order valence-electron chi connectivity index (χ1n) is 14.5. The van der Waals surface area contributed by atoms with Gasteiger partial charge in [0.05, 0.1) is 22.9 Å². The van der Waals surface area contributed by atoms with Gasteiger partial charge in [0, 0.05) is 32.7 Å². The molecule has 0 fully saturated rings. The minimum atomic E-state index is 0.869. The smallest absolute Gasteiger partial charge is 0.143 e. The third-order valence-corrected chi connectivity index (χ3v) is 8.54. The molecular formula is C40H24N2O. The number of rotatable bonds is 3. The van der Waals surface area contributed by atoms with Gasteiger partial charge in [-0.1, -0.05) is 133 Å². The minimum absolute atomic E-state index is 0.869. The van der Waals surface area contributed by atoms with Crippen molar-refractivity contribution in [1.82, 2.24) is 9.97 Å². The first-order valence-corrected chi connectivity index (χ1v) is 14.5.